The van der Waals surface area contributed by atoms with Gasteiger partial charge < -0.3 is 19.5 Å². The first-order valence-corrected chi connectivity index (χ1v) is 5.77. The van der Waals surface area contributed by atoms with Crippen LogP contribution in [0.25, 0.3) is 0 Å². The summed E-state index contributed by atoms with van der Waals surface area (Å²) in [6, 6.07) is -0.337. The fourth-order valence-corrected chi connectivity index (χ4v) is 1.86. The van der Waals surface area contributed by atoms with Gasteiger partial charge in [0, 0.05) is 12.6 Å². The number of hydrogen-bond acceptors (Lipinski definition) is 4. The van der Waals surface area contributed by atoms with Crippen molar-refractivity contribution in [2.45, 2.75) is 32.4 Å². The molecular formula is C11H19NO5. The van der Waals surface area contributed by atoms with Crippen LogP contribution in [0.5, 0.6) is 0 Å². The molecule has 98 valence electrons. The Morgan fingerprint density at radius 1 is 1.47 bits per heavy atom. The molecular weight excluding hydrogens is 226 g/mol. The molecule has 0 saturated carbocycles. The van der Waals surface area contributed by atoms with E-state index in [9.17, 15) is 9.59 Å². The van der Waals surface area contributed by atoms with Gasteiger partial charge in [0.25, 0.3) is 5.91 Å². The van der Waals surface area contributed by atoms with Crippen molar-refractivity contribution in [2.24, 2.45) is 0 Å². The third kappa shape index (κ3) is 3.98. The number of amides is 1. The molecule has 1 fully saturated rings. The van der Waals surface area contributed by atoms with Gasteiger partial charge in [-0.1, -0.05) is 0 Å². The summed E-state index contributed by atoms with van der Waals surface area (Å²) in [5.41, 5.74) is 0. The summed E-state index contributed by atoms with van der Waals surface area (Å²) < 4.78 is 10.5. The Labute approximate surface area is 100 Å². The minimum Gasteiger partial charge on any atom is -0.481 e. The number of hydrogen-bond donors (Lipinski definition) is 1. The Bertz CT molecular complexity index is 275. The number of carboxylic acids is 1. The van der Waals surface area contributed by atoms with E-state index in [0.717, 1.165) is 0 Å². The normalized spacial score (nSPS) is 21.9. The van der Waals surface area contributed by atoms with Gasteiger partial charge >= 0.3 is 5.97 Å². The number of ether oxygens (including phenoxy) is 2. The first-order chi connectivity index (χ1) is 8.06. The van der Waals surface area contributed by atoms with Crippen LogP contribution >= 0.6 is 0 Å². The Morgan fingerprint density at radius 2 is 2.18 bits per heavy atom. The Balaban J connectivity index is 2.58. The zero-order valence-corrected chi connectivity index (χ0v) is 10.2. The predicted molar refractivity (Wildman–Crippen MR) is 59.7 cm³/mol. The number of likely N-dealkylation sites (N-methyl/N-ethyl adjacent to an activating group) is 1. The van der Waals surface area contributed by atoms with Crippen LogP contribution in [-0.4, -0.2) is 60.4 Å². The molecule has 6 nitrogen and oxygen atoms in total. The lowest BCUT2D eigenvalue weighted by molar-refractivity contribution is -0.160. The lowest BCUT2D eigenvalue weighted by atomic mass is 10.1. The van der Waals surface area contributed by atoms with E-state index in [4.69, 9.17) is 14.6 Å². The summed E-state index contributed by atoms with van der Waals surface area (Å²) in [5, 5.41) is 8.73. The molecule has 17 heavy (non-hydrogen) atoms. The third-order valence-electron chi connectivity index (χ3n) is 2.72. The molecule has 0 aromatic heterocycles. The molecule has 2 atom stereocenters. The topological polar surface area (TPSA) is 76.1 Å². The van der Waals surface area contributed by atoms with E-state index in [0.29, 0.717) is 19.8 Å². The van der Waals surface area contributed by atoms with Crippen LogP contribution in [0.4, 0.5) is 0 Å². The molecule has 0 aromatic rings. The number of aliphatic carboxylic acids is 1. The lowest BCUT2D eigenvalue weighted by Crippen LogP contribution is -2.49. The van der Waals surface area contributed by atoms with E-state index in [-0.39, 0.29) is 25.0 Å². The van der Waals surface area contributed by atoms with Crippen LogP contribution in [0.3, 0.4) is 0 Å². The average molecular weight is 245 g/mol. The van der Waals surface area contributed by atoms with E-state index in [1.807, 2.05) is 6.92 Å². The summed E-state index contributed by atoms with van der Waals surface area (Å²) in [4.78, 5) is 24.2. The summed E-state index contributed by atoms with van der Waals surface area (Å²) in [6.45, 7) is 5.16. The first kappa shape index (κ1) is 13.9. The van der Waals surface area contributed by atoms with E-state index in [1.165, 1.54) is 4.90 Å². The van der Waals surface area contributed by atoms with Crippen molar-refractivity contribution in [2.75, 3.05) is 26.4 Å². The van der Waals surface area contributed by atoms with Crippen molar-refractivity contribution in [3.63, 3.8) is 0 Å². The van der Waals surface area contributed by atoms with Crippen LogP contribution in [0.15, 0.2) is 0 Å². The van der Waals surface area contributed by atoms with Gasteiger partial charge in [-0.3, -0.25) is 9.59 Å². The Morgan fingerprint density at radius 3 is 2.65 bits per heavy atom. The molecule has 0 spiro atoms. The van der Waals surface area contributed by atoms with Gasteiger partial charge in [0.15, 0.2) is 6.10 Å². The summed E-state index contributed by atoms with van der Waals surface area (Å²) in [5.74, 6) is -1.11. The number of rotatable bonds is 5. The van der Waals surface area contributed by atoms with Gasteiger partial charge in [-0.2, -0.15) is 0 Å². The number of carbonyl (C=O) groups excluding carboxylic acids is 1. The molecule has 6 heteroatoms. The highest BCUT2D eigenvalue weighted by Crippen LogP contribution is 2.10. The van der Waals surface area contributed by atoms with Gasteiger partial charge in [0.2, 0.25) is 0 Å². The molecule has 1 aliphatic heterocycles. The van der Waals surface area contributed by atoms with Crippen LogP contribution in [-0.2, 0) is 19.1 Å². The molecule has 1 rings (SSSR count). The number of nitrogens with zero attached hydrogens (tertiary/aromatic N) is 1. The van der Waals surface area contributed by atoms with Crippen molar-refractivity contribution < 1.29 is 24.2 Å². The minimum atomic E-state index is -0.912. The predicted octanol–water partition coefficient (Wildman–Crippen LogP) is 0.114. The van der Waals surface area contributed by atoms with Gasteiger partial charge in [-0.05, 0) is 13.8 Å². The maximum atomic E-state index is 12.1. The zero-order valence-electron chi connectivity index (χ0n) is 10.2. The van der Waals surface area contributed by atoms with Crippen LogP contribution < -0.4 is 0 Å². The maximum Gasteiger partial charge on any atom is 0.305 e. The lowest BCUT2D eigenvalue weighted by Gasteiger charge is -2.32. The van der Waals surface area contributed by atoms with E-state index in [1.54, 1.807) is 6.92 Å². The molecule has 0 aliphatic carbocycles. The van der Waals surface area contributed by atoms with E-state index in [2.05, 4.69) is 0 Å². The van der Waals surface area contributed by atoms with Crippen molar-refractivity contribution in [1.29, 1.82) is 0 Å². The zero-order chi connectivity index (χ0) is 12.8. The van der Waals surface area contributed by atoms with Gasteiger partial charge in [0.05, 0.1) is 26.2 Å². The van der Waals surface area contributed by atoms with E-state index >= 15 is 0 Å². The Kier molecular flexibility index (Phi) is 5.37. The highest BCUT2D eigenvalue weighted by atomic mass is 16.6. The van der Waals surface area contributed by atoms with Crippen LogP contribution in [0.1, 0.15) is 20.3 Å². The van der Waals surface area contributed by atoms with Gasteiger partial charge in [-0.25, -0.2) is 0 Å². The standard InChI is InChI=1S/C11H19NO5/c1-3-12(8(2)6-10(13)14)11(15)9-7-16-4-5-17-9/h8-9H,3-7H2,1-2H3,(H,13,14). The summed E-state index contributed by atoms with van der Waals surface area (Å²) >= 11 is 0. The van der Waals surface area contributed by atoms with E-state index < -0.39 is 12.1 Å². The fourth-order valence-electron chi connectivity index (χ4n) is 1.86. The number of carboxylic acid groups (broad SMARTS) is 1. The van der Waals surface area contributed by atoms with Gasteiger partial charge in [-0.15, -0.1) is 0 Å². The van der Waals surface area contributed by atoms with Crippen molar-refractivity contribution in [1.82, 2.24) is 4.90 Å². The van der Waals surface area contributed by atoms with Crippen LogP contribution in [0.2, 0.25) is 0 Å². The molecule has 0 bridgehead atoms. The summed E-state index contributed by atoms with van der Waals surface area (Å²) in [7, 11) is 0. The van der Waals surface area contributed by atoms with Crippen molar-refractivity contribution in [3.05, 3.63) is 0 Å². The molecule has 1 heterocycles. The average Bonchev–Trinajstić information content (AvgIpc) is 2.30. The molecule has 1 saturated heterocycles. The van der Waals surface area contributed by atoms with Crippen LogP contribution in [0, 0.1) is 0 Å². The summed E-state index contributed by atoms with van der Waals surface area (Å²) in [6.07, 6.45) is -0.660. The maximum absolute atomic E-state index is 12.1. The second-order valence-corrected chi connectivity index (χ2v) is 4.01. The highest BCUT2D eigenvalue weighted by molar-refractivity contribution is 5.82. The van der Waals surface area contributed by atoms with Crippen molar-refractivity contribution >= 4 is 11.9 Å². The third-order valence-corrected chi connectivity index (χ3v) is 2.72. The second-order valence-electron chi connectivity index (χ2n) is 4.01. The minimum absolute atomic E-state index is 0.0623. The van der Waals surface area contributed by atoms with Crippen molar-refractivity contribution in [3.8, 4) is 0 Å². The molecule has 2 unspecified atom stereocenters. The second kappa shape index (κ2) is 6.56. The Hall–Kier alpha value is -1.14. The molecule has 1 amide bonds. The first-order valence-electron chi connectivity index (χ1n) is 5.77. The molecule has 0 aromatic carbocycles. The number of carbonyl (C=O) groups is 2. The monoisotopic (exact) mass is 245 g/mol. The largest absolute Gasteiger partial charge is 0.481 e. The molecule has 1 N–H and O–H groups in total. The smallest absolute Gasteiger partial charge is 0.305 e. The quantitative estimate of drug-likeness (QED) is 0.744. The highest BCUT2D eigenvalue weighted by Gasteiger charge is 2.30. The fraction of sp³-hybridized carbons (Fsp3) is 0.818. The SMILES string of the molecule is CCN(C(=O)C1COCCO1)C(C)CC(=O)O. The molecule has 1 aliphatic rings. The van der Waals surface area contributed by atoms with Gasteiger partial charge in [0.1, 0.15) is 0 Å². The molecule has 0 radical (unpaired) electrons.